The Kier molecular flexibility index (Phi) is 4.74. The van der Waals surface area contributed by atoms with Gasteiger partial charge in [0.15, 0.2) is 0 Å². The van der Waals surface area contributed by atoms with Crippen LogP contribution in [-0.4, -0.2) is 21.9 Å². The van der Waals surface area contributed by atoms with Gasteiger partial charge in [0, 0.05) is 0 Å². The van der Waals surface area contributed by atoms with E-state index in [0.29, 0.717) is 0 Å². The average Bonchev–Trinajstić information content (AvgIpc) is 2.29. The van der Waals surface area contributed by atoms with E-state index in [2.05, 4.69) is 21.2 Å². The third-order valence-corrected chi connectivity index (χ3v) is 2.13. The van der Waals surface area contributed by atoms with Gasteiger partial charge in [0.1, 0.15) is 10.8 Å². The van der Waals surface area contributed by atoms with Gasteiger partial charge in [0.25, 0.3) is 5.91 Å². The topological polar surface area (TPSA) is 54.9 Å². The Morgan fingerprint density at radius 1 is 1.62 bits per heavy atom. The maximum absolute atomic E-state index is 11.6. The summed E-state index contributed by atoms with van der Waals surface area (Å²) in [7, 11) is 0. The van der Waals surface area contributed by atoms with Gasteiger partial charge in [-0.1, -0.05) is 30.9 Å². The van der Waals surface area contributed by atoms with E-state index >= 15 is 0 Å². The van der Waals surface area contributed by atoms with Crippen molar-refractivity contribution in [2.75, 3.05) is 0 Å². The molecule has 0 saturated heterocycles. The highest BCUT2D eigenvalue weighted by molar-refractivity contribution is 6.29. The Morgan fingerprint density at radius 2 is 2.38 bits per heavy atom. The van der Waals surface area contributed by atoms with Crippen molar-refractivity contribution in [2.24, 2.45) is 0 Å². The molecule has 0 aliphatic heterocycles. The fraction of sp³-hybridized carbons (Fsp3) is 0.364. The molecule has 1 heterocycles. The van der Waals surface area contributed by atoms with Crippen molar-refractivity contribution in [1.29, 1.82) is 0 Å². The number of hydrogen-bond donors (Lipinski definition) is 1. The maximum Gasteiger partial charge on any atom is 0.272 e. The fourth-order valence-corrected chi connectivity index (χ4v) is 1.25. The van der Waals surface area contributed by atoms with Gasteiger partial charge in [-0.15, -0.1) is 6.42 Å². The molecule has 1 aromatic heterocycles. The molecular formula is C11H12ClN3O. The molecule has 1 N–H and O–H groups in total. The van der Waals surface area contributed by atoms with Crippen LogP contribution >= 0.6 is 11.6 Å². The number of terminal acetylenes is 1. The lowest BCUT2D eigenvalue weighted by atomic mass is 10.2. The second-order valence-electron chi connectivity index (χ2n) is 3.21. The van der Waals surface area contributed by atoms with Crippen molar-refractivity contribution < 1.29 is 4.79 Å². The maximum atomic E-state index is 11.6. The van der Waals surface area contributed by atoms with Crippen LogP contribution in [-0.2, 0) is 0 Å². The SMILES string of the molecule is C#CC(CCC)NC(=O)c1cnc(Cl)cn1. The molecule has 0 fully saturated rings. The highest BCUT2D eigenvalue weighted by atomic mass is 35.5. The number of halogens is 1. The summed E-state index contributed by atoms with van der Waals surface area (Å²) in [5.74, 6) is 2.18. The number of aromatic nitrogens is 2. The zero-order chi connectivity index (χ0) is 12.0. The Bertz CT molecular complexity index is 397. The monoisotopic (exact) mass is 237 g/mol. The van der Waals surface area contributed by atoms with Gasteiger partial charge < -0.3 is 5.32 Å². The Morgan fingerprint density at radius 3 is 2.88 bits per heavy atom. The smallest absolute Gasteiger partial charge is 0.272 e. The molecule has 0 bridgehead atoms. The van der Waals surface area contributed by atoms with Crippen LogP contribution in [0.5, 0.6) is 0 Å². The zero-order valence-corrected chi connectivity index (χ0v) is 9.66. The molecule has 84 valence electrons. The molecule has 1 unspecified atom stereocenters. The molecule has 16 heavy (non-hydrogen) atoms. The van der Waals surface area contributed by atoms with E-state index < -0.39 is 0 Å². The summed E-state index contributed by atoms with van der Waals surface area (Å²) in [5.41, 5.74) is 0.209. The highest BCUT2D eigenvalue weighted by Gasteiger charge is 2.12. The molecule has 5 heteroatoms. The molecule has 1 atom stereocenters. The first-order valence-corrected chi connectivity index (χ1v) is 5.29. The number of carbonyl (C=O) groups excluding carboxylic acids is 1. The lowest BCUT2D eigenvalue weighted by Gasteiger charge is -2.10. The number of amides is 1. The van der Waals surface area contributed by atoms with Crippen molar-refractivity contribution >= 4 is 17.5 Å². The molecule has 0 radical (unpaired) electrons. The molecule has 1 aromatic rings. The summed E-state index contributed by atoms with van der Waals surface area (Å²) in [6.45, 7) is 2.00. The Balaban J connectivity index is 2.65. The third-order valence-electron chi connectivity index (χ3n) is 1.94. The second kappa shape index (κ2) is 6.09. The van der Waals surface area contributed by atoms with Gasteiger partial charge in [0.2, 0.25) is 0 Å². The summed E-state index contributed by atoms with van der Waals surface area (Å²) in [6, 6.07) is -0.269. The van der Waals surface area contributed by atoms with Crippen molar-refractivity contribution in [3.63, 3.8) is 0 Å². The van der Waals surface area contributed by atoms with Crippen molar-refractivity contribution in [3.05, 3.63) is 23.2 Å². The number of rotatable bonds is 4. The number of hydrogen-bond acceptors (Lipinski definition) is 3. The molecule has 4 nitrogen and oxygen atoms in total. The molecule has 0 aliphatic carbocycles. The lowest BCUT2D eigenvalue weighted by molar-refractivity contribution is 0.0939. The van der Waals surface area contributed by atoms with Gasteiger partial charge in [-0.2, -0.15) is 0 Å². The predicted molar refractivity (Wildman–Crippen MR) is 62.0 cm³/mol. The molecule has 0 saturated carbocycles. The summed E-state index contributed by atoms with van der Waals surface area (Å²) in [6.07, 6.45) is 9.57. The van der Waals surface area contributed by atoms with Crippen LogP contribution in [0.2, 0.25) is 5.15 Å². The Hall–Kier alpha value is -1.60. The van der Waals surface area contributed by atoms with E-state index in [-0.39, 0.29) is 22.8 Å². The summed E-state index contributed by atoms with van der Waals surface area (Å²) in [4.78, 5) is 19.3. The van der Waals surface area contributed by atoms with Gasteiger partial charge in [-0.05, 0) is 6.42 Å². The minimum Gasteiger partial charge on any atom is -0.337 e. The summed E-state index contributed by atoms with van der Waals surface area (Å²) < 4.78 is 0. The van der Waals surface area contributed by atoms with E-state index in [4.69, 9.17) is 18.0 Å². The van der Waals surface area contributed by atoms with Crippen LogP contribution in [0.3, 0.4) is 0 Å². The molecule has 0 aliphatic rings. The molecule has 1 rings (SSSR count). The summed E-state index contributed by atoms with van der Waals surface area (Å²) >= 11 is 5.56. The fourth-order valence-electron chi connectivity index (χ4n) is 1.15. The number of nitrogens with zero attached hydrogens (tertiary/aromatic N) is 2. The zero-order valence-electron chi connectivity index (χ0n) is 8.90. The lowest BCUT2D eigenvalue weighted by Crippen LogP contribution is -2.34. The van der Waals surface area contributed by atoms with E-state index in [9.17, 15) is 4.79 Å². The van der Waals surface area contributed by atoms with Crippen LogP contribution in [0.15, 0.2) is 12.4 Å². The van der Waals surface area contributed by atoms with Crippen LogP contribution < -0.4 is 5.32 Å². The molecule has 0 spiro atoms. The van der Waals surface area contributed by atoms with Crippen LogP contribution in [0.25, 0.3) is 0 Å². The van der Waals surface area contributed by atoms with E-state index in [1.165, 1.54) is 12.4 Å². The van der Waals surface area contributed by atoms with Gasteiger partial charge in [-0.3, -0.25) is 4.79 Å². The minimum atomic E-state index is -0.333. The summed E-state index contributed by atoms with van der Waals surface area (Å²) in [5, 5.41) is 2.93. The minimum absolute atomic E-state index is 0.209. The van der Waals surface area contributed by atoms with Crippen molar-refractivity contribution in [3.8, 4) is 12.3 Å². The van der Waals surface area contributed by atoms with Crippen molar-refractivity contribution in [2.45, 2.75) is 25.8 Å². The predicted octanol–water partition coefficient (Wildman–Crippen LogP) is 1.66. The first-order valence-electron chi connectivity index (χ1n) is 4.92. The van der Waals surface area contributed by atoms with Gasteiger partial charge >= 0.3 is 0 Å². The normalized spacial score (nSPS) is 11.6. The molecular weight excluding hydrogens is 226 g/mol. The molecule has 1 amide bonds. The van der Waals surface area contributed by atoms with E-state index in [0.717, 1.165) is 12.8 Å². The van der Waals surface area contributed by atoms with E-state index in [1.54, 1.807) is 0 Å². The van der Waals surface area contributed by atoms with Gasteiger partial charge in [0.05, 0.1) is 18.4 Å². The first-order chi connectivity index (χ1) is 7.67. The standard InChI is InChI=1S/C11H12ClN3O/c1-3-5-8(4-2)15-11(16)9-6-14-10(12)7-13-9/h2,6-8H,3,5H2,1H3,(H,15,16). The quantitative estimate of drug-likeness (QED) is 0.811. The Labute approximate surface area is 99.4 Å². The van der Waals surface area contributed by atoms with Crippen molar-refractivity contribution in [1.82, 2.24) is 15.3 Å². The largest absolute Gasteiger partial charge is 0.337 e. The van der Waals surface area contributed by atoms with Crippen LogP contribution in [0.1, 0.15) is 30.3 Å². The third kappa shape index (κ3) is 3.52. The molecule has 0 aromatic carbocycles. The number of carbonyl (C=O) groups is 1. The first kappa shape index (κ1) is 12.5. The van der Waals surface area contributed by atoms with E-state index in [1.807, 2.05) is 6.92 Å². The second-order valence-corrected chi connectivity index (χ2v) is 3.59. The van der Waals surface area contributed by atoms with Crippen LogP contribution in [0.4, 0.5) is 0 Å². The van der Waals surface area contributed by atoms with Gasteiger partial charge in [-0.25, -0.2) is 9.97 Å². The number of nitrogens with one attached hydrogen (secondary N) is 1. The average molecular weight is 238 g/mol. The highest BCUT2D eigenvalue weighted by Crippen LogP contribution is 2.02. The van der Waals surface area contributed by atoms with Crippen LogP contribution in [0, 0.1) is 12.3 Å².